The molecule has 0 saturated carbocycles. The average Bonchev–Trinajstić information content (AvgIpc) is 3.22. The van der Waals surface area contributed by atoms with Gasteiger partial charge in [-0.25, -0.2) is 19.6 Å². The zero-order valence-corrected chi connectivity index (χ0v) is 20.4. The molecule has 1 unspecified atom stereocenters. The molecule has 3 amide bonds. The van der Waals surface area contributed by atoms with Crippen LogP contribution in [0.5, 0.6) is 0 Å². The molecule has 15 heteroatoms. The Morgan fingerprint density at radius 1 is 1.08 bits per heavy atom. The van der Waals surface area contributed by atoms with Gasteiger partial charge in [-0.1, -0.05) is 12.1 Å². The number of fused-ring (bicyclic) bond motifs is 1. The van der Waals surface area contributed by atoms with E-state index >= 15 is 0 Å². The Kier molecular flexibility index (Phi) is 7.88. The minimum atomic E-state index is -1.41. The van der Waals surface area contributed by atoms with Crippen LogP contribution in [0.1, 0.15) is 47.3 Å². The molecule has 0 spiro atoms. The summed E-state index contributed by atoms with van der Waals surface area (Å²) in [6.07, 6.45) is 1.58. The SMILES string of the molecule is Nc1nc2ncc(CCc3ccc(C(=O)NC(CCC(=O)ON4C(=O)CCC4=O)C(=O)O)cc3)nc2c(=O)[nH]1. The second-order valence-corrected chi connectivity index (χ2v) is 8.63. The fourth-order valence-electron chi connectivity index (χ4n) is 3.75. The number of nitrogens with one attached hydrogen (secondary N) is 2. The highest BCUT2D eigenvalue weighted by Crippen LogP contribution is 2.14. The zero-order chi connectivity index (χ0) is 28.1. The van der Waals surface area contributed by atoms with Gasteiger partial charge in [-0.3, -0.25) is 24.2 Å². The molecule has 4 rings (SSSR count). The Labute approximate surface area is 219 Å². The molecule has 1 saturated heterocycles. The minimum absolute atomic E-state index is 0.0521. The van der Waals surface area contributed by atoms with Crippen LogP contribution < -0.4 is 16.6 Å². The molecular weight excluding hydrogens is 514 g/mol. The van der Waals surface area contributed by atoms with E-state index in [0.29, 0.717) is 23.6 Å². The van der Waals surface area contributed by atoms with Gasteiger partial charge in [-0.05, 0) is 37.0 Å². The van der Waals surface area contributed by atoms with Crippen molar-refractivity contribution < 1.29 is 33.9 Å². The van der Waals surface area contributed by atoms with Crippen molar-refractivity contribution in [3.05, 3.63) is 57.6 Å². The first-order valence-corrected chi connectivity index (χ1v) is 11.8. The molecule has 0 bridgehead atoms. The first-order chi connectivity index (χ1) is 18.6. The van der Waals surface area contributed by atoms with Crippen LogP contribution in [0.2, 0.25) is 0 Å². The number of aryl methyl sites for hydroxylation is 2. The summed E-state index contributed by atoms with van der Waals surface area (Å²) < 4.78 is 0. The number of aromatic amines is 1. The topological polar surface area (TPSA) is 228 Å². The van der Waals surface area contributed by atoms with E-state index in [2.05, 4.69) is 25.3 Å². The van der Waals surface area contributed by atoms with Crippen LogP contribution in [0, 0.1) is 0 Å². The lowest BCUT2D eigenvalue weighted by Crippen LogP contribution is -2.41. The lowest BCUT2D eigenvalue weighted by molar-refractivity contribution is -0.197. The number of aromatic nitrogens is 4. The Hall–Kier alpha value is -5.21. The molecule has 1 fully saturated rings. The molecule has 39 heavy (non-hydrogen) atoms. The van der Waals surface area contributed by atoms with Gasteiger partial charge in [0, 0.05) is 18.4 Å². The van der Waals surface area contributed by atoms with Gasteiger partial charge < -0.3 is 21.0 Å². The summed E-state index contributed by atoms with van der Waals surface area (Å²) in [4.78, 5) is 90.6. The van der Waals surface area contributed by atoms with Crippen molar-refractivity contribution in [1.29, 1.82) is 0 Å². The van der Waals surface area contributed by atoms with Crippen molar-refractivity contribution in [3.63, 3.8) is 0 Å². The van der Waals surface area contributed by atoms with Gasteiger partial charge in [0.15, 0.2) is 11.2 Å². The number of hydrogen-bond donors (Lipinski definition) is 4. The van der Waals surface area contributed by atoms with Crippen LogP contribution in [-0.2, 0) is 36.9 Å². The molecule has 15 nitrogen and oxygen atoms in total. The Morgan fingerprint density at radius 2 is 1.77 bits per heavy atom. The lowest BCUT2D eigenvalue weighted by Gasteiger charge is -2.16. The van der Waals surface area contributed by atoms with E-state index in [1.807, 2.05) is 0 Å². The first-order valence-electron chi connectivity index (χ1n) is 11.8. The summed E-state index contributed by atoms with van der Waals surface area (Å²) in [5, 5.41) is 12.2. The average molecular weight is 537 g/mol. The minimum Gasteiger partial charge on any atom is -0.480 e. The van der Waals surface area contributed by atoms with E-state index in [1.54, 1.807) is 12.1 Å². The van der Waals surface area contributed by atoms with Gasteiger partial charge in [0.25, 0.3) is 23.3 Å². The number of H-pyrrole nitrogens is 1. The molecule has 0 radical (unpaired) electrons. The van der Waals surface area contributed by atoms with Crippen LogP contribution in [-0.4, -0.2) is 65.8 Å². The van der Waals surface area contributed by atoms with Crippen LogP contribution >= 0.6 is 0 Å². The fraction of sp³-hybridized carbons (Fsp3) is 0.292. The summed E-state index contributed by atoms with van der Waals surface area (Å²) in [6, 6.07) is 5.01. The number of carbonyl (C=O) groups is 5. The molecule has 202 valence electrons. The van der Waals surface area contributed by atoms with E-state index in [4.69, 9.17) is 10.6 Å². The maximum Gasteiger partial charge on any atom is 0.333 e. The third-order valence-electron chi connectivity index (χ3n) is 5.81. The predicted octanol–water partition coefficient (Wildman–Crippen LogP) is -0.349. The molecule has 3 aromatic rings. The molecule has 2 aromatic heterocycles. The highest BCUT2D eigenvalue weighted by atomic mass is 16.7. The van der Waals surface area contributed by atoms with E-state index in [0.717, 1.165) is 5.56 Å². The summed E-state index contributed by atoms with van der Waals surface area (Å²) >= 11 is 0. The van der Waals surface area contributed by atoms with Crippen molar-refractivity contribution in [3.8, 4) is 0 Å². The van der Waals surface area contributed by atoms with E-state index in [1.165, 1.54) is 18.3 Å². The fourth-order valence-corrected chi connectivity index (χ4v) is 3.75. The maximum absolute atomic E-state index is 12.6. The third kappa shape index (κ3) is 6.57. The summed E-state index contributed by atoms with van der Waals surface area (Å²) in [5.74, 6) is -4.35. The van der Waals surface area contributed by atoms with Gasteiger partial charge in [-0.2, -0.15) is 4.98 Å². The van der Waals surface area contributed by atoms with Crippen LogP contribution in [0.15, 0.2) is 35.3 Å². The van der Waals surface area contributed by atoms with Crippen molar-refractivity contribution >= 4 is 46.8 Å². The number of hydroxylamine groups is 2. The highest BCUT2D eigenvalue weighted by Gasteiger charge is 2.33. The van der Waals surface area contributed by atoms with Crippen molar-refractivity contribution in [2.75, 3.05) is 5.73 Å². The Morgan fingerprint density at radius 3 is 2.44 bits per heavy atom. The number of carbonyl (C=O) groups excluding carboxylic acids is 4. The number of nitrogens with zero attached hydrogens (tertiary/aromatic N) is 4. The second-order valence-electron chi connectivity index (χ2n) is 8.63. The summed E-state index contributed by atoms with van der Waals surface area (Å²) in [6.45, 7) is 0. The highest BCUT2D eigenvalue weighted by molar-refractivity contribution is 6.01. The lowest BCUT2D eigenvalue weighted by atomic mass is 10.1. The summed E-state index contributed by atoms with van der Waals surface area (Å²) in [5.41, 5.74) is 6.83. The van der Waals surface area contributed by atoms with Gasteiger partial charge in [-0.15, -0.1) is 5.06 Å². The number of nitrogen functional groups attached to an aromatic ring is 1. The predicted molar refractivity (Wildman–Crippen MR) is 132 cm³/mol. The van der Waals surface area contributed by atoms with Crippen LogP contribution in [0.3, 0.4) is 0 Å². The number of carboxylic acids is 1. The number of carboxylic acid groups (broad SMARTS) is 1. The van der Waals surface area contributed by atoms with Crippen molar-refractivity contribution in [2.24, 2.45) is 0 Å². The third-order valence-corrected chi connectivity index (χ3v) is 5.81. The summed E-state index contributed by atoms with van der Waals surface area (Å²) in [7, 11) is 0. The monoisotopic (exact) mass is 537 g/mol. The van der Waals surface area contributed by atoms with E-state index < -0.39 is 47.7 Å². The zero-order valence-electron chi connectivity index (χ0n) is 20.4. The molecule has 5 N–H and O–H groups in total. The van der Waals surface area contributed by atoms with E-state index in [-0.39, 0.29) is 41.9 Å². The number of anilines is 1. The molecule has 1 atom stereocenters. The Bertz CT molecular complexity index is 1500. The molecule has 0 aliphatic carbocycles. The largest absolute Gasteiger partial charge is 0.480 e. The molecule has 1 aliphatic rings. The molecule has 1 aromatic carbocycles. The first kappa shape index (κ1) is 26.8. The van der Waals surface area contributed by atoms with Gasteiger partial charge in [0.2, 0.25) is 5.95 Å². The molecule has 3 heterocycles. The number of nitrogens with two attached hydrogens (primary N) is 1. The van der Waals surface area contributed by atoms with Gasteiger partial charge in [0.1, 0.15) is 6.04 Å². The number of aliphatic carboxylic acids is 1. The molecular formula is C24H23N7O8. The number of imide groups is 1. The van der Waals surface area contributed by atoms with Gasteiger partial charge in [0.05, 0.1) is 18.3 Å². The number of rotatable bonds is 10. The number of amides is 3. The standard InChI is InChI=1S/C24H23N7O8/c25-24-29-20-19(22(36)30-24)27-14(11-26-20)6-3-12-1-4-13(5-2-12)21(35)28-15(23(37)38)7-10-18(34)39-31-16(32)8-9-17(31)33/h1-2,4-5,11,15H,3,6-10H2,(H,28,35)(H,37,38)(H3,25,26,29,30,36). The van der Waals surface area contributed by atoms with Crippen LogP contribution in [0.25, 0.3) is 11.2 Å². The second kappa shape index (κ2) is 11.5. The molecule has 1 aliphatic heterocycles. The smallest absolute Gasteiger partial charge is 0.333 e. The quantitative estimate of drug-likeness (QED) is 0.243. The Balaban J connectivity index is 1.30. The van der Waals surface area contributed by atoms with Crippen molar-refractivity contribution in [2.45, 2.75) is 44.6 Å². The maximum atomic E-state index is 12.6. The van der Waals surface area contributed by atoms with Gasteiger partial charge >= 0.3 is 11.9 Å². The van der Waals surface area contributed by atoms with Crippen LogP contribution in [0.4, 0.5) is 5.95 Å². The number of hydrogen-bond acceptors (Lipinski definition) is 11. The normalized spacial score (nSPS) is 13.9. The van der Waals surface area contributed by atoms with Crippen molar-refractivity contribution in [1.82, 2.24) is 30.3 Å². The van der Waals surface area contributed by atoms with E-state index in [9.17, 15) is 33.9 Å². The number of benzene rings is 1.